The van der Waals surface area contributed by atoms with Gasteiger partial charge in [-0.05, 0) is 54.1 Å². The predicted octanol–water partition coefficient (Wildman–Crippen LogP) is 6.80. The van der Waals surface area contributed by atoms with E-state index in [0.717, 1.165) is 27.1 Å². The van der Waals surface area contributed by atoms with Crippen molar-refractivity contribution in [3.8, 4) is 11.3 Å². The van der Waals surface area contributed by atoms with Gasteiger partial charge < -0.3 is 10.3 Å². The molecular weight excluding hydrogens is 442 g/mol. The fourth-order valence-corrected chi connectivity index (χ4v) is 4.60. The average Bonchev–Trinajstić information content (AvgIpc) is 3.12. The summed E-state index contributed by atoms with van der Waals surface area (Å²) in [5.74, 6) is 0.118. The summed E-state index contributed by atoms with van der Waals surface area (Å²) in [5, 5.41) is 4.79. The van der Waals surface area contributed by atoms with Gasteiger partial charge in [-0.1, -0.05) is 41.4 Å². The normalized spacial score (nSPS) is 11.0. The molecule has 1 aromatic heterocycles. The molecule has 152 valence electrons. The Balaban J connectivity index is 1.50. The molecule has 0 aliphatic heterocycles. The van der Waals surface area contributed by atoms with Crippen LogP contribution in [0.5, 0.6) is 0 Å². The number of hydrogen-bond acceptors (Lipinski definition) is 2. The maximum absolute atomic E-state index is 13.4. The van der Waals surface area contributed by atoms with E-state index in [2.05, 4.69) is 10.3 Å². The fourth-order valence-electron chi connectivity index (χ4n) is 3.17. The van der Waals surface area contributed by atoms with Crippen molar-refractivity contribution >= 4 is 51.8 Å². The van der Waals surface area contributed by atoms with Crippen molar-refractivity contribution in [2.24, 2.45) is 0 Å². The second kappa shape index (κ2) is 9.13. The van der Waals surface area contributed by atoms with E-state index in [-0.39, 0.29) is 11.7 Å². The van der Waals surface area contributed by atoms with Gasteiger partial charge in [0.05, 0.1) is 16.3 Å². The molecule has 7 heteroatoms. The molecule has 1 amide bonds. The van der Waals surface area contributed by atoms with Crippen molar-refractivity contribution in [1.29, 1.82) is 0 Å². The zero-order valence-electron chi connectivity index (χ0n) is 15.7. The monoisotopic (exact) mass is 458 g/mol. The third kappa shape index (κ3) is 4.48. The highest BCUT2D eigenvalue weighted by Crippen LogP contribution is 2.37. The molecule has 0 saturated carbocycles. The Morgan fingerprint density at radius 2 is 1.80 bits per heavy atom. The summed E-state index contributed by atoms with van der Waals surface area (Å²) in [6.07, 6.45) is 0. The van der Waals surface area contributed by atoms with Crippen molar-refractivity contribution < 1.29 is 9.18 Å². The Morgan fingerprint density at radius 1 is 1.03 bits per heavy atom. The van der Waals surface area contributed by atoms with Crippen LogP contribution in [0.3, 0.4) is 0 Å². The van der Waals surface area contributed by atoms with Gasteiger partial charge in [0, 0.05) is 33.1 Å². The highest BCUT2D eigenvalue weighted by Gasteiger charge is 2.15. The van der Waals surface area contributed by atoms with Gasteiger partial charge >= 0.3 is 0 Å². The topological polar surface area (TPSA) is 44.9 Å². The number of H-pyrrole nitrogens is 1. The van der Waals surface area contributed by atoms with Crippen LogP contribution in [-0.4, -0.2) is 23.2 Å². The maximum Gasteiger partial charge on any atom is 0.252 e. The lowest BCUT2D eigenvalue weighted by Crippen LogP contribution is -2.26. The van der Waals surface area contributed by atoms with Crippen LogP contribution in [0.2, 0.25) is 10.0 Å². The minimum absolute atomic E-state index is 0.263. The predicted molar refractivity (Wildman–Crippen MR) is 123 cm³/mol. The highest BCUT2D eigenvalue weighted by molar-refractivity contribution is 7.99. The van der Waals surface area contributed by atoms with Crippen LogP contribution in [0.4, 0.5) is 4.39 Å². The van der Waals surface area contributed by atoms with E-state index in [4.69, 9.17) is 23.2 Å². The molecule has 3 nitrogen and oxygen atoms in total. The molecule has 0 aliphatic carbocycles. The van der Waals surface area contributed by atoms with E-state index in [0.29, 0.717) is 27.9 Å². The minimum atomic E-state index is -0.272. The summed E-state index contributed by atoms with van der Waals surface area (Å²) in [6.45, 7) is 0.453. The van der Waals surface area contributed by atoms with Gasteiger partial charge in [0.1, 0.15) is 5.82 Å². The lowest BCUT2D eigenvalue weighted by Gasteiger charge is -2.08. The molecule has 4 rings (SSSR count). The fraction of sp³-hybridized carbons (Fsp3) is 0.0870. The van der Waals surface area contributed by atoms with E-state index in [1.807, 2.05) is 24.3 Å². The number of para-hydroxylation sites is 1. The second-order valence-corrected chi connectivity index (χ2v) is 8.56. The van der Waals surface area contributed by atoms with Gasteiger partial charge in [-0.2, -0.15) is 0 Å². The first-order valence-corrected chi connectivity index (χ1v) is 11.0. The summed E-state index contributed by atoms with van der Waals surface area (Å²) in [6, 6.07) is 19.2. The lowest BCUT2D eigenvalue weighted by molar-refractivity contribution is 0.0956. The Morgan fingerprint density at radius 3 is 2.60 bits per heavy atom. The molecule has 3 aromatic carbocycles. The lowest BCUT2D eigenvalue weighted by atomic mass is 10.1. The molecule has 0 radical (unpaired) electrons. The number of hydrogen-bond donors (Lipinski definition) is 2. The minimum Gasteiger partial charge on any atom is -0.354 e. The van der Waals surface area contributed by atoms with Crippen LogP contribution in [0.25, 0.3) is 22.2 Å². The molecule has 0 aliphatic rings. The number of carbonyl (C=O) groups excluding carboxylic acids is 1. The smallest absolute Gasteiger partial charge is 0.252 e. The largest absolute Gasteiger partial charge is 0.354 e. The first kappa shape index (κ1) is 20.8. The zero-order valence-corrected chi connectivity index (χ0v) is 18.0. The van der Waals surface area contributed by atoms with Crippen LogP contribution < -0.4 is 5.32 Å². The Kier molecular flexibility index (Phi) is 6.32. The molecule has 0 fully saturated rings. The van der Waals surface area contributed by atoms with Crippen molar-refractivity contribution in [2.45, 2.75) is 4.90 Å². The highest BCUT2D eigenvalue weighted by atomic mass is 35.5. The second-order valence-electron chi connectivity index (χ2n) is 6.61. The Labute approximate surface area is 187 Å². The van der Waals surface area contributed by atoms with Crippen molar-refractivity contribution in [1.82, 2.24) is 10.3 Å². The van der Waals surface area contributed by atoms with Crippen molar-refractivity contribution in [3.63, 3.8) is 0 Å². The molecule has 0 unspecified atom stereocenters. The molecule has 0 bridgehead atoms. The number of benzene rings is 3. The van der Waals surface area contributed by atoms with Crippen LogP contribution >= 0.6 is 35.0 Å². The molecule has 0 saturated heterocycles. The summed E-state index contributed by atoms with van der Waals surface area (Å²) >= 11 is 13.7. The number of nitrogens with one attached hydrogen (secondary N) is 2. The van der Waals surface area contributed by atoms with Crippen LogP contribution in [0, 0.1) is 5.82 Å². The number of carbonyl (C=O) groups is 1. The van der Waals surface area contributed by atoms with Crippen LogP contribution in [0.15, 0.2) is 71.6 Å². The first-order valence-electron chi connectivity index (χ1n) is 9.25. The number of aromatic nitrogens is 1. The van der Waals surface area contributed by atoms with Gasteiger partial charge in [0.15, 0.2) is 0 Å². The summed E-state index contributed by atoms with van der Waals surface area (Å²) < 4.78 is 13.4. The number of fused-ring (bicyclic) bond motifs is 1. The Hall–Kier alpha value is -2.47. The molecule has 30 heavy (non-hydrogen) atoms. The van der Waals surface area contributed by atoms with Gasteiger partial charge in [0.2, 0.25) is 0 Å². The SMILES string of the molecule is O=C(NCCSc1c(-c2ccc(F)cc2)[nH]c2ccccc12)c1cc(Cl)ccc1Cl. The number of amides is 1. The summed E-state index contributed by atoms with van der Waals surface area (Å²) in [7, 11) is 0. The molecule has 2 N–H and O–H groups in total. The third-order valence-electron chi connectivity index (χ3n) is 4.60. The van der Waals surface area contributed by atoms with Gasteiger partial charge in [-0.15, -0.1) is 11.8 Å². The van der Waals surface area contributed by atoms with E-state index in [9.17, 15) is 9.18 Å². The number of thioether (sulfide) groups is 1. The third-order valence-corrected chi connectivity index (χ3v) is 6.28. The zero-order chi connectivity index (χ0) is 21.1. The Bertz CT molecular complexity index is 1210. The van der Waals surface area contributed by atoms with Crippen molar-refractivity contribution in [3.05, 3.63) is 88.2 Å². The molecule has 0 spiro atoms. The first-order chi connectivity index (χ1) is 14.5. The molecular formula is C23H17Cl2FN2OS. The van der Waals surface area contributed by atoms with Gasteiger partial charge in [0.25, 0.3) is 5.91 Å². The summed E-state index contributed by atoms with van der Waals surface area (Å²) in [4.78, 5) is 16.9. The number of aromatic amines is 1. The quantitative estimate of drug-likeness (QED) is 0.246. The van der Waals surface area contributed by atoms with Crippen molar-refractivity contribution in [2.75, 3.05) is 12.3 Å². The standard InChI is InChI=1S/C23H17Cl2FN2OS/c24-15-7-10-19(25)18(13-15)23(29)27-11-12-30-22-17-3-1-2-4-20(17)28-21(22)14-5-8-16(26)9-6-14/h1-10,13,28H,11-12H2,(H,27,29). The van der Waals surface area contributed by atoms with E-state index >= 15 is 0 Å². The van der Waals surface area contributed by atoms with Gasteiger partial charge in [-0.25, -0.2) is 4.39 Å². The van der Waals surface area contributed by atoms with E-state index in [1.165, 1.54) is 12.1 Å². The van der Waals surface area contributed by atoms with Crippen LogP contribution in [-0.2, 0) is 0 Å². The molecule has 1 heterocycles. The molecule has 4 aromatic rings. The number of halogens is 3. The number of rotatable bonds is 6. The summed E-state index contributed by atoms with van der Waals surface area (Å²) in [5.41, 5.74) is 3.21. The maximum atomic E-state index is 13.4. The molecule has 0 atom stereocenters. The van der Waals surface area contributed by atoms with Gasteiger partial charge in [-0.3, -0.25) is 4.79 Å². The van der Waals surface area contributed by atoms with E-state index in [1.54, 1.807) is 42.1 Å². The van der Waals surface area contributed by atoms with Crippen LogP contribution in [0.1, 0.15) is 10.4 Å². The average molecular weight is 459 g/mol. The van der Waals surface area contributed by atoms with E-state index < -0.39 is 0 Å².